The van der Waals surface area contributed by atoms with Crippen LogP contribution in [0.15, 0.2) is 93.9 Å². The van der Waals surface area contributed by atoms with Crippen LogP contribution in [0.1, 0.15) is 59.5 Å². The molecule has 56 heavy (non-hydrogen) atoms. The highest BCUT2D eigenvalue weighted by atomic mass is 16.3. The first-order valence-electron chi connectivity index (χ1n) is 19.5. The molecule has 0 amide bonds. The minimum atomic E-state index is 0.268. The van der Waals surface area contributed by atoms with Crippen LogP contribution in [0, 0.1) is 22.7 Å². The van der Waals surface area contributed by atoms with Crippen molar-refractivity contribution in [2.45, 2.75) is 50.6 Å². The molecular formula is C46H46N8O2. The summed E-state index contributed by atoms with van der Waals surface area (Å²) in [6.45, 7) is 4.16. The van der Waals surface area contributed by atoms with Gasteiger partial charge in [-0.05, 0) is 108 Å². The number of allylic oxidation sites excluding steroid dienone is 2. The summed E-state index contributed by atoms with van der Waals surface area (Å²) in [7, 11) is 4.31. The Bertz CT molecular complexity index is 2470. The molecule has 0 saturated carbocycles. The molecule has 2 fully saturated rings. The average molecular weight is 743 g/mol. The van der Waals surface area contributed by atoms with Gasteiger partial charge in [-0.15, -0.1) is 0 Å². The number of benzene rings is 2. The fraction of sp³-hybridized carbons (Fsp3) is 0.304. The number of rotatable bonds is 11. The fourth-order valence-corrected chi connectivity index (χ4v) is 7.82. The number of hydrogen-bond donors (Lipinski definition) is 2. The number of fused-ring (bicyclic) bond motifs is 2. The number of likely N-dealkylation sites (tertiary alicyclic amines) is 2. The van der Waals surface area contributed by atoms with E-state index in [9.17, 15) is 10.5 Å². The van der Waals surface area contributed by atoms with Crippen molar-refractivity contribution < 1.29 is 8.83 Å². The van der Waals surface area contributed by atoms with Gasteiger partial charge in [-0.2, -0.15) is 10.5 Å². The van der Waals surface area contributed by atoms with Crippen molar-refractivity contribution in [2.24, 2.45) is 0 Å². The van der Waals surface area contributed by atoms with Crippen molar-refractivity contribution in [2.75, 3.05) is 50.9 Å². The fourth-order valence-electron chi connectivity index (χ4n) is 7.82. The van der Waals surface area contributed by atoms with Crippen LogP contribution in [0.4, 0.5) is 11.6 Å². The summed E-state index contributed by atoms with van der Waals surface area (Å²) in [6.07, 6.45) is 15.2. The largest absolute Gasteiger partial charge is 0.443 e. The molecule has 0 aliphatic carbocycles. The van der Waals surface area contributed by atoms with Crippen LogP contribution < -0.4 is 10.6 Å². The van der Waals surface area contributed by atoms with Crippen LogP contribution in [0.2, 0.25) is 0 Å². The average Bonchev–Trinajstić information content (AvgIpc) is 3.77. The van der Waals surface area contributed by atoms with Crippen molar-refractivity contribution in [1.29, 1.82) is 10.5 Å². The Balaban J connectivity index is 1.09. The molecule has 282 valence electrons. The quantitative estimate of drug-likeness (QED) is 0.133. The van der Waals surface area contributed by atoms with Crippen LogP contribution >= 0.6 is 0 Å². The molecule has 0 radical (unpaired) electrons. The molecule has 0 bridgehead atoms. The Morgan fingerprint density at radius 1 is 0.750 bits per heavy atom. The predicted octanol–water partition coefficient (Wildman–Crippen LogP) is 8.90. The topological polar surface area (TPSA) is 130 Å². The van der Waals surface area contributed by atoms with Gasteiger partial charge in [0, 0.05) is 39.5 Å². The minimum absolute atomic E-state index is 0.268. The van der Waals surface area contributed by atoms with Gasteiger partial charge in [0.1, 0.15) is 29.5 Å². The summed E-state index contributed by atoms with van der Waals surface area (Å²) in [6, 6.07) is 27.7. The van der Waals surface area contributed by atoms with Gasteiger partial charge >= 0.3 is 0 Å². The van der Waals surface area contributed by atoms with Crippen molar-refractivity contribution in [3.05, 3.63) is 119 Å². The highest BCUT2D eigenvalue weighted by molar-refractivity contribution is 5.96. The number of furan rings is 2. The summed E-state index contributed by atoms with van der Waals surface area (Å²) in [5, 5.41) is 29.2. The summed E-state index contributed by atoms with van der Waals surface area (Å²) < 4.78 is 12.2. The van der Waals surface area contributed by atoms with Crippen molar-refractivity contribution in [1.82, 2.24) is 19.8 Å². The summed E-state index contributed by atoms with van der Waals surface area (Å²) >= 11 is 0. The van der Waals surface area contributed by atoms with Gasteiger partial charge in [0.25, 0.3) is 0 Å². The molecule has 2 saturated heterocycles. The van der Waals surface area contributed by atoms with E-state index in [-0.39, 0.29) is 5.76 Å². The van der Waals surface area contributed by atoms with E-state index in [4.69, 9.17) is 13.8 Å². The Kier molecular flexibility index (Phi) is 10.9. The first-order valence-corrected chi connectivity index (χ1v) is 19.5. The molecule has 10 heteroatoms. The predicted molar refractivity (Wildman–Crippen MR) is 223 cm³/mol. The third-order valence-electron chi connectivity index (χ3n) is 11.0. The van der Waals surface area contributed by atoms with E-state index in [0.717, 1.165) is 102 Å². The van der Waals surface area contributed by atoms with E-state index in [2.05, 4.69) is 94.1 Å². The molecule has 0 spiro atoms. The molecule has 2 N–H and O–H groups in total. The third kappa shape index (κ3) is 8.23. The molecule has 6 aromatic rings. The zero-order valence-electron chi connectivity index (χ0n) is 32.0. The van der Waals surface area contributed by atoms with Gasteiger partial charge in [0.2, 0.25) is 11.5 Å². The molecule has 2 aliphatic rings. The smallest absolute Gasteiger partial charge is 0.212 e. The van der Waals surface area contributed by atoms with Gasteiger partial charge in [-0.1, -0.05) is 72.8 Å². The number of pyridine rings is 2. The molecule has 2 aliphatic heterocycles. The van der Waals surface area contributed by atoms with Gasteiger partial charge in [0.05, 0.1) is 6.20 Å². The van der Waals surface area contributed by atoms with Crippen LogP contribution in [-0.4, -0.2) is 72.1 Å². The Labute approximate surface area is 327 Å². The van der Waals surface area contributed by atoms with E-state index in [1.54, 1.807) is 6.20 Å². The molecule has 0 atom stereocenters. The van der Waals surface area contributed by atoms with E-state index in [1.807, 2.05) is 48.5 Å². The first-order chi connectivity index (χ1) is 27.4. The number of nitrogens with one attached hydrogen (secondary N) is 2. The normalized spacial score (nSPS) is 16.2. The molecule has 8 rings (SSSR count). The highest BCUT2D eigenvalue weighted by Crippen LogP contribution is 2.36. The van der Waals surface area contributed by atoms with Crippen molar-refractivity contribution in [3.63, 3.8) is 0 Å². The first kappa shape index (κ1) is 36.8. The van der Waals surface area contributed by atoms with Crippen LogP contribution in [-0.2, 0) is 12.8 Å². The van der Waals surface area contributed by atoms with Crippen molar-refractivity contribution in [3.8, 4) is 23.4 Å². The van der Waals surface area contributed by atoms with E-state index < -0.39 is 0 Å². The maximum absolute atomic E-state index is 10.2. The monoisotopic (exact) mass is 742 g/mol. The molecule has 4 aromatic heterocycles. The number of hydrogen-bond acceptors (Lipinski definition) is 10. The molecule has 10 nitrogen and oxygen atoms in total. The lowest BCUT2D eigenvalue weighted by Gasteiger charge is -2.29. The summed E-state index contributed by atoms with van der Waals surface area (Å²) in [5.74, 6) is 2.14. The van der Waals surface area contributed by atoms with Gasteiger partial charge in [-0.3, -0.25) is 0 Å². The highest BCUT2D eigenvalue weighted by Gasteiger charge is 2.23. The zero-order valence-corrected chi connectivity index (χ0v) is 32.0. The lowest BCUT2D eigenvalue weighted by atomic mass is 10.0. The number of anilines is 2. The number of nitriles is 2. The maximum Gasteiger partial charge on any atom is 0.212 e. The molecule has 6 heterocycles. The summed E-state index contributed by atoms with van der Waals surface area (Å²) in [4.78, 5) is 14.4. The molecule has 2 aromatic carbocycles. The SMILES string of the molecule is CN1CCC(Nc2cc3c(/C=C/Cc4cccc(-c5nc(NC6CCN(C)CC6)cc6c(C/C=C/c7ccccc7)c(C#N)oc56)c4)c(C#N)oc3cn2)CC1. The van der Waals surface area contributed by atoms with E-state index in [1.165, 1.54) is 0 Å². The standard InChI is InChI=1S/C46H46N8O2/c1-53-21-17-34(18-22-53)50-43-26-38-36(40(28-47)55-42(38)30-49-43)15-8-13-32-12-6-14-33(25-32)45-46-39(27-44(52-45)51-35-19-23-54(2)24-20-35)37(41(29-48)56-46)16-7-11-31-9-4-3-5-10-31/h3-12,14-15,25-27,30,34-35H,13,16-24H2,1-2H3,(H,49,50)(H,51,52)/b11-7+,15-8+. The molecular weight excluding hydrogens is 697 g/mol. The minimum Gasteiger partial charge on any atom is -0.443 e. The second-order valence-corrected chi connectivity index (χ2v) is 15.0. The summed E-state index contributed by atoms with van der Waals surface area (Å²) in [5.41, 5.74) is 6.56. The Morgan fingerprint density at radius 2 is 1.43 bits per heavy atom. The lowest BCUT2D eigenvalue weighted by molar-refractivity contribution is 0.263. The van der Waals surface area contributed by atoms with Crippen LogP contribution in [0.3, 0.4) is 0 Å². The number of piperidine rings is 2. The van der Waals surface area contributed by atoms with E-state index in [0.29, 0.717) is 47.5 Å². The maximum atomic E-state index is 10.2. The zero-order chi connectivity index (χ0) is 38.4. The Morgan fingerprint density at radius 3 is 2.14 bits per heavy atom. The lowest BCUT2D eigenvalue weighted by Crippen LogP contribution is -2.36. The molecule has 0 unspecified atom stereocenters. The van der Waals surface area contributed by atoms with E-state index >= 15 is 0 Å². The third-order valence-corrected chi connectivity index (χ3v) is 11.0. The van der Waals surface area contributed by atoms with Crippen LogP contribution in [0.25, 0.3) is 45.3 Å². The second kappa shape index (κ2) is 16.7. The second-order valence-electron chi connectivity index (χ2n) is 15.0. The van der Waals surface area contributed by atoms with Crippen molar-refractivity contribution >= 4 is 45.7 Å². The van der Waals surface area contributed by atoms with Gasteiger partial charge < -0.3 is 29.3 Å². The van der Waals surface area contributed by atoms with Crippen LogP contribution in [0.5, 0.6) is 0 Å². The van der Waals surface area contributed by atoms with Gasteiger partial charge in [0.15, 0.2) is 11.2 Å². The van der Waals surface area contributed by atoms with Gasteiger partial charge in [-0.25, -0.2) is 9.97 Å². The number of nitrogens with zero attached hydrogens (tertiary/aromatic N) is 6. The Hall–Kier alpha value is -6.20. The number of aromatic nitrogens is 2.